The Kier molecular flexibility index (Phi) is 4.66. The van der Waals surface area contributed by atoms with Gasteiger partial charge in [0.25, 0.3) is 5.91 Å². The Morgan fingerprint density at radius 1 is 1.10 bits per heavy atom. The maximum Gasteiger partial charge on any atom is 0.256 e. The van der Waals surface area contributed by atoms with Crippen molar-refractivity contribution in [1.29, 1.82) is 0 Å². The van der Waals surface area contributed by atoms with Gasteiger partial charge >= 0.3 is 0 Å². The Bertz CT molecular complexity index is 652. The number of halogens is 1. The summed E-state index contributed by atoms with van der Waals surface area (Å²) in [5, 5.41) is 0. The molecule has 2 aromatic carbocycles. The van der Waals surface area contributed by atoms with Gasteiger partial charge < -0.3 is 11.5 Å². The molecule has 0 heterocycles. The van der Waals surface area contributed by atoms with Crippen molar-refractivity contribution in [3.8, 4) is 0 Å². The lowest BCUT2D eigenvalue weighted by molar-refractivity contribution is -0.119. The van der Waals surface area contributed by atoms with E-state index in [1.165, 1.54) is 12.1 Å². The minimum Gasteiger partial charge on any atom is -0.370 e. The Hall–Kier alpha value is -2.69. The quantitative estimate of drug-likeness (QED) is 0.665. The summed E-state index contributed by atoms with van der Waals surface area (Å²) < 4.78 is 13.3. The van der Waals surface area contributed by atoms with Crippen molar-refractivity contribution in [3.63, 3.8) is 0 Å². The average Bonchev–Trinajstić information content (AvgIpc) is 2.45. The van der Waals surface area contributed by atoms with Crippen LogP contribution in [0.1, 0.15) is 17.0 Å². The van der Waals surface area contributed by atoms with Crippen LogP contribution in [0.15, 0.2) is 59.6 Å². The van der Waals surface area contributed by atoms with Crippen molar-refractivity contribution in [3.05, 3.63) is 71.5 Å². The fourth-order valence-electron chi connectivity index (χ4n) is 2.14. The largest absolute Gasteiger partial charge is 0.370 e. The molecule has 1 atom stereocenters. The molecule has 1 unspecified atom stereocenters. The molecule has 4 nitrogen and oxygen atoms in total. The van der Waals surface area contributed by atoms with E-state index in [-0.39, 0.29) is 11.8 Å². The lowest BCUT2D eigenvalue weighted by atomic mass is 9.91. The first-order valence-electron chi connectivity index (χ1n) is 6.49. The van der Waals surface area contributed by atoms with Crippen molar-refractivity contribution in [2.45, 2.75) is 12.3 Å². The van der Waals surface area contributed by atoms with Crippen molar-refractivity contribution in [2.24, 2.45) is 16.5 Å². The molecule has 4 N–H and O–H groups in total. The van der Waals surface area contributed by atoms with Crippen LogP contribution in [0.3, 0.4) is 0 Å². The molecule has 108 valence electrons. The van der Waals surface area contributed by atoms with E-state index in [0.717, 1.165) is 5.56 Å². The molecule has 0 saturated carbocycles. The summed E-state index contributed by atoms with van der Waals surface area (Å²) in [7, 11) is 0. The SMILES string of the molecule is NC(N)=NC(=O)C(Cc1cccc(F)c1)c1ccccc1. The first-order chi connectivity index (χ1) is 10.1. The standard InChI is InChI=1S/C16H16FN3O/c17-13-8-4-5-11(9-13)10-14(15(21)20-16(18)19)12-6-2-1-3-7-12/h1-9,14H,10H2,(H4,18,19,20,21). The number of nitrogens with two attached hydrogens (primary N) is 2. The molecule has 0 aliphatic heterocycles. The maximum atomic E-state index is 13.3. The van der Waals surface area contributed by atoms with E-state index < -0.39 is 11.8 Å². The number of aliphatic imine (C=N–C) groups is 1. The Labute approximate surface area is 122 Å². The molecule has 0 bridgehead atoms. The smallest absolute Gasteiger partial charge is 0.256 e. The van der Waals surface area contributed by atoms with Crippen LogP contribution in [0.5, 0.6) is 0 Å². The average molecular weight is 285 g/mol. The highest BCUT2D eigenvalue weighted by atomic mass is 19.1. The molecule has 0 aliphatic rings. The molecular weight excluding hydrogens is 269 g/mol. The predicted molar refractivity (Wildman–Crippen MR) is 80.1 cm³/mol. The maximum absolute atomic E-state index is 13.3. The van der Waals surface area contributed by atoms with E-state index in [4.69, 9.17) is 11.5 Å². The summed E-state index contributed by atoms with van der Waals surface area (Å²) >= 11 is 0. The van der Waals surface area contributed by atoms with Gasteiger partial charge in [0, 0.05) is 0 Å². The molecule has 5 heteroatoms. The second kappa shape index (κ2) is 6.65. The number of carbonyl (C=O) groups excluding carboxylic acids is 1. The van der Waals surface area contributed by atoms with Crippen LogP contribution in [-0.4, -0.2) is 11.9 Å². The zero-order valence-corrected chi connectivity index (χ0v) is 11.4. The summed E-state index contributed by atoms with van der Waals surface area (Å²) in [6.45, 7) is 0. The van der Waals surface area contributed by atoms with E-state index in [1.54, 1.807) is 12.1 Å². The summed E-state index contributed by atoms with van der Waals surface area (Å²) in [4.78, 5) is 15.8. The number of rotatable bonds is 4. The van der Waals surface area contributed by atoms with Crippen LogP contribution in [0, 0.1) is 5.82 Å². The number of hydrogen-bond acceptors (Lipinski definition) is 1. The van der Waals surface area contributed by atoms with Gasteiger partial charge in [-0.15, -0.1) is 0 Å². The lowest BCUT2D eigenvalue weighted by Gasteiger charge is -2.14. The van der Waals surface area contributed by atoms with Crippen LogP contribution in [-0.2, 0) is 11.2 Å². The molecule has 21 heavy (non-hydrogen) atoms. The van der Waals surface area contributed by atoms with Gasteiger partial charge in [-0.3, -0.25) is 4.79 Å². The monoisotopic (exact) mass is 285 g/mol. The fraction of sp³-hybridized carbons (Fsp3) is 0.125. The summed E-state index contributed by atoms with van der Waals surface area (Å²) in [6, 6.07) is 15.3. The van der Waals surface area contributed by atoms with E-state index in [0.29, 0.717) is 12.0 Å². The zero-order chi connectivity index (χ0) is 15.2. The normalized spacial score (nSPS) is 11.7. The van der Waals surface area contributed by atoms with E-state index >= 15 is 0 Å². The molecule has 0 spiro atoms. The van der Waals surface area contributed by atoms with Gasteiger partial charge in [0.2, 0.25) is 0 Å². The molecule has 0 saturated heterocycles. The fourth-order valence-corrected chi connectivity index (χ4v) is 2.14. The third-order valence-corrected chi connectivity index (χ3v) is 3.07. The summed E-state index contributed by atoms with van der Waals surface area (Å²) in [6.07, 6.45) is 0.331. The second-order valence-electron chi connectivity index (χ2n) is 4.67. The van der Waals surface area contributed by atoms with Crippen LogP contribution in [0.4, 0.5) is 4.39 Å². The lowest BCUT2D eigenvalue weighted by Crippen LogP contribution is -2.26. The van der Waals surface area contributed by atoms with Crippen molar-refractivity contribution < 1.29 is 9.18 Å². The highest BCUT2D eigenvalue weighted by Gasteiger charge is 2.21. The van der Waals surface area contributed by atoms with Gasteiger partial charge in [0.05, 0.1) is 5.92 Å². The first-order valence-corrected chi connectivity index (χ1v) is 6.49. The van der Waals surface area contributed by atoms with Gasteiger partial charge in [-0.05, 0) is 29.7 Å². The Morgan fingerprint density at radius 2 is 1.81 bits per heavy atom. The number of nitrogens with zero attached hydrogens (tertiary/aromatic N) is 1. The van der Waals surface area contributed by atoms with Crippen molar-refractivity contribution in [2.75, 3.05) is 0 Å². The molecule has 0 fully saturated rings. The molecule has 2 rings (SSSR count). The van der Waals surface area contributed by atoms with Gasteiger partial charge in [0.1, 0.15) is 5.82 Å². The summed E-state index contributed by atoms with van der Waals surface area (Å²) in [5.41, 5.74) is 12.0. The molecule has 0 radical (unpaired) electrons. The third-order valence-electron chi connectivity index (χ3n) is 3.07. The first kappa shape index (κ1) is 14.7. The van der Waals surface area contributed by atoms with Gasteiger partial charge in [-0.2, -0.15) is 4.99 Å². The highest BCUT2D eigenvalue weighted by molar-refractivity contribution is 5.95. The van der Waals surface area contributed by atoms with Crippen LogP contribution >= 0.6 is 0 Å². The predicted octanol–water partition coefficient (Wildman–Crippen LogP) is 1.95. The topological polar surface area (TPSA) is 81.5 Å². The van der Waals surface area contributed by atoms with E-state index in [9.17, 15) is 9.18 Å². The summed E-state index contributed by atoms with van der Waals surface area (Å²) in [5.74, 6) is -1.60. The van der Waals surface area contributed by atoms with Gasteiger partial charge in [-0.25, -0.2) is 4.39 Å². The van der Waals surface area contributed by atoms with E-state index in [2.05, 4.69) is 4.99 Å². The van der Waals surface area contributed by atoms with Crippen molar-refractivity contribution >= 4 is 11.9 Å². The number of guanidine groups is 1. The minimum atomic E-state index is -0.546. The number of benzene rings is 2. The Morgan fingerprint density at radius 3 is 2.43 bits per heavy atom. The number of hydrogen-bond donors (Lipinski definition) is 2. The third kappa shape index (κ3) is 4.14. The van der Waals surface area contributed by atoms with Gasteiger partial charge in [-0.1, -0.05) is 42.5 Å². The number of carbonyl (C=O) groups is 1. The molecule has 0 aromatic heterocycles. The molecule has 2 aromatic rings. The van der Waals surface area contributed by atoms with Gasteiger partial charge in [0.15, 0.2) is 5.96 Å². The number of amides is 1. The van der Waals surface area contributed by atoms with Crippen LogP contribution in [0.2, 0.25) is 0 Å². The van der Waals surface area contributed by atoms with Crippen molar-refractivity contribution in [1.82, 2.24) is 0 Å². The zero-order valence-electron chi connectivity index (χ0n) is 11.4. The Balaban J connectivity index is 2.32. The van der Waals surface area contributed by atoms with Crippen LogP contribution in [0.25, 0.3) is 0 Å². The molecule has 0 aliphatic carbocycles. The minimum absolute atomic E-state index is 0.278. The second-order valence-corrected chi connectivity index (χ2v) is 4.67. The van der Waals surface area contributed by atoms with E-state index in [1.807, 2.05) is 30.3 Å². The molecular formula is C16H16FN3O. The highest BCUT2D eigenvalue weighted by Crippen LogP contribution is 2.23. The molecule has 1 amide bonds. The van der Waals surface area contributed by atoms with Crippen LogP contribution < -0.4 is 11.5 Å².